The van der Waals surface area contributed by atoms with Crippen molar-refractivity contribution < 1.29 is 14.3 Å². The molecule has 150 valence electrons. The summed E-state index contributed by atoms with van der Waals surface area (Å²) < 4.78 is 12.9. The molecule has 30 heavy (non-hydrogen) atoms. The zero-order valence-corrected chi connectivity index (χ0v) is 16.7. The summed E-state index contributed by atoms with van der Waals surface area (Å²) in [6.07, 6.45) is 0. The quantitative estimate of drug-likeness (QED) is 0.543. The summed E-state index contributed by atoms with van der Waals surface area (Å²) in [5.74, 6) is 0.913. The third kappa shape index (κ3) is 3.29. The summed E-state index contributed by atoms with van der Waals surface area (Å²) in [4.78, 5) is 29.6. The highest BCUT2D eigenvalue weighted by molar-refractivity contribution is 7.22. The van der Waals surface area contributed by atoms with Crippen molar-refractivity contribution in [1.82, 2.24) is 14.8 Å². The van der Waals surface area contributed by atoms with Crippen molar-refractivity contribution in [2.75, 3.05) is 12.1 Å². The number of carbonyl (C=O) groups is 1. The molecule has 5 rings (SSSR count). The number of hydrogen-bond donors (Lipinski definition) is 1. The second-order valence-electron chi connectivity index (χ2n) is 6.72. The number of rotatable bonds is 4. The molecule has 1 N–H and O–H groups in total. The molecular weight excluding hydrogens is 404 g/mol. The van der Waals surface area contributed by atoms with E-state index in [-0.39, 0.29) is 18.3 Å². The minimum absolute atomic E-state index is 0.175. The van der Waals surface area contributed by atoms with Crippen LogP contribution in [0.4, 0.5) is 5.13 Å². The molecular formula is C21H16N4O4S. The number of nitrogens with zero attached hydrogens (tertiary/aromatic N) is 3. The number of anilines is 1. The van der Waals surface area contributed by atoms with Crippen molar-refractivity contribution in [3.8, 4) is 22.8 Å². The van der Waals surface area contributed by atoms with Gasteiger partial charge in [0, 0.05) is 11.6 Å². The highest BCUT2D eigenvalue weighted by atomic mass is 32.1. The van der Waals surface area contributed by atoms with Crippen molar-refractivity contribution in [3.63, 3.8) is 0 Å². The molecule has 1 amide bonds. The van der Waals surface area contributed by atoms with Crippen LogP contribution in [0.15, 0.2) is 59.4 Å². The van der Waals surface area contributed by atoms with Crippen LogP contribution in [0.2, 0.25) is 0 Å². The van der Waals surface area contributed by atoms with Gasteiger partial charge in [-0.15, -0.1) is 0 Å². The highest BCUT2D eigenvalue weighted by Gasteiger charge is 2.20. The molecule has 0 radical (unpaired) electrons. The Morgan fingerprint density at radius 2 is 1.97 bits per heavy atom. The summed E-state index contributed by atoms with van der Waals surface area (Å²) in [5, 5.41) is 7.67. The molecule has 4 aromatic rings. The normalized spacial score (nSPS) is 13.4. The lowest BCUT2D eigenvalue weighted by Crippen LogP contribution is -2.33. The minimum Gasteiger partial charge on any atom is -0.454 e. The smallest absolute Gasteiger partial charge is 0.267 e. The van der Waals surface area contributed by atoms with Gasteiger partial charge in [0.1, 0.15) is 6.04 Å². The number of benzene rings is 2. The van der Waals surface area contributed by atoms with Crippen LogP contribution in [0.5, 0.6) is 11.5 Å². The highest BCUT2D eigenvalue weighted by Crippen LogP contribution is 2.35. The van der Waals surface area contributed by atoms with Gasteiger partial charge in [-0.3, -0.25) is 9.59 Å². The Labute approximate surface area is 174 Å². The predicted octanol–water partition coefficient (Wildman–Crippen LogP) is 3.45. The summed E-state index contributed by atoms with van der Waals surface area (Å²) in [6, 6.07) is 15.2. The zero-order valence-electron chi connectivity index (χ0n) is 15.9. The summed E-state index contributed by atoms with van der Waals surface area (Å²) in [5.41, 5.74) is 1.75. The Morgan fingerprint density at radius 3 is 2.83 bits per heavy atom. The molecule has 2 aromatic carbocycles. The van der Waals surface area contributed by atoms with Crippen LogP contribution in [0.1, 0.15) is 13.0 Å². The first-order valence-electron chi connectivity index (χ1n) is 9.25. The number of carbonyl (C=O) groups excluding carboxylic acids is 1. The number of ether oxygens (including phenoxy) is 2. The van der Waals surface area contributed by atoms with Crippen LogP contribution in [-0.4, -0.2) is 27.5 Å². The van der Waals surface area contributed by atoms with E-state index < -0.39 is 6.04 Å². The number of thiazole rings is 1. The second kappa shape index (κ2) is 7.27. The van der Waals surface area contributed by atoms with Gasteiger partial charge in [-0.25, -0.2) is 9.67 Å². The fourth-order valence-electron chi connectivity index (χ4n) is 3.16. The van der Waals surface area contributed by atoms with Crippen molar-refractivity contribution in [2.24, 2.45) is 0 Å². The molecule has 1 atom stereocenters. The molecule has 1 aliphatic heterocycles. The third-order valence-electron chi connectivity index (χ3n) is 4.76. The number of aromatic nitrogens is 3. The summed E-state index contributed by atoms with van der Waals surface area (Å²) in [6.45, 7) is 1.80. The summed E-state index contributed by atoms with van der Waals surface area (Å²) in [7, 11) is 0. The van der Waals surface area contributed by atoms with Gasteiger partial charge in [0.15, 0.2) is 16.6 Å². The number of para-hydroxylation sites is 1. The lowest BCUT2D eigenvalue weighted by Gasteiger charge is -2.14. The average Bonchev–Trinajstić information content (AvgIpc) is 3.39. The maximum Gasteiger partial charge on any atom is 0.267 e. The van der Waals surface area contributed by atoms with Crippen molar-refractivity contribution >= 4 is 32.6 Å². The molecule has 0 saturated carbocycles. The molecule has 8 nitrogen and oxygen atoms in total. The van der Waals surface area contributed by atoms with Crippen molar-refractivity contribution in [3.05, 3.63) is 65.0 Å². The van der Waals surface area contributed by atoms with Crippen LogP contribution in [0.25, 0.3) is 21.5 Å². The minimum atomic E-state index is -0.821. The van der Waals surface area contributed by atoms with Gasteiger partial charge in [-0.05, 0) is 43.3 Å². The maximum absolute atomic E-state index is 12.8. The lowest BCUT2D eigenvalue weighted by atomic mass is 10.1. The Hall–Kier alpha value is -3.72. The van der Waals surface area contributed by atoms with E-state index in [0.29, 0.717) is 22.3 Å². The maximum atomic E-state index is 12.8. The zero-order chi connectivity index (χ0) is 20.7. The van der Waals surface area contributed by atoms with E-state index in [1.54, 1.807) is 25.1 Å². The van der Waals surface area contributed by atoms with Gasteiger partial charge in [0.2, 0.25) is 6.79 Å². The SMILES string of the molecule is CC(C(=O)Nc1nc2ccccc2s1)n1nc(-c2ccc3c(c2)OCO3)ccc1=O. The molecule has 0 fully saturated rings. The van der Waals surface area contributed by atoms with Crippen LogP contribution >= 0.6 is 11.3 Å². The molecule has 2 aromatic heterocycles. The topological polar surface area (TPSA) is 95.3 Å². The van der Waals surface area contributed by atoms with E-state index in [9.17, 15) is 9.59 Å². The van der Waals surface area contributed by atoms with Crippen LogP contribution < -0.4 is 20.3 Å². The second-order valence-corrected chi connectivity index (χ2v) is 7.75. The van der Waals surface area contributed by atoms with E-state index in [1.165, 1.54) is 22.1 Å². The van der Waals surface area contributed by atoms with Crippen LogP contribution in [-0.2, 0) is 4.79 Å². The van der Waals surface area contributed by atoms with Gasteiger partial charge in [0.05, 0.1) is 15.9 Å². The Bertz CT molecular complexity index is 1300. The third-order valence-corrected chi connectivity index (χ3v) is 5.72. The summed E-state index contributed by atoms with van der Waals surface area (Å²) >= 11 is 1.38. The number of hydrogen-bond acceptors (Lipinski definition) is 7. The van der Waals surface area contributed by atoms with Gasteiger partial charge < -0.3 is 14.8 Å². The Morgan fingerprint density at radius 1 is 1.13 bits per heavy atom. The molecule has 0 bridgehead atoms. The fourth-order valence-corrected chi connectivity index (χ4v) is 4.03. The van der Waals surface area contributed by atoms with Crippen molar-refractivity contribution in [1.29, 1.82) is 0 Å². The van der Waals surface area contributed by atoms with Crippen molar-refractivity contribution in [2.45, 2.75) is 13.0 Å². The first-order chi connectivity index (χ1) is 14.6. The predicted molar refractivity (Wildman–Crippen MR) is 113 cm³/mol. The molecule has 0 spiro atoms. The molecule has 0 aliphatic carbocycles. The Kier molecular flexibility index (Phi) is 4.44. The molecule has 3 heterocycles. The molecule has 0 saturated heterocycles. The monoisotopic (exact) mass is 420 g/mol. The van der Waals surface area contributed by atoms with E-state index in [0.717, 1.165) is 15.8 Å². The molecule has 9 heteroatoms. The number of fused-ring (bicyclic) bond motifs is 2. The lowest BCUT2D eigenvalue weighted by molar-refractivity contribution is -0.119. The van der Waals surface area contributed by atoms with Gasteiger partial charge in [-0.1, -0.05) is 23.5 Å². The van der Waals surface area contributed by atoms with Crippen LogP contribution in [0, 0.1) is 0 Å². The first kappa shape index (κ1) is 18.3. The van der Waals surface area contributed by atoms with E-state index in [2.05, 4.69) is 15.4 Å². The fraction of sp³-hybridized carbons (Fsp3) is 0.143. The Balaban J connectivity index is 1.42. The van der Waals surface area contributed by atoms with Crippen LogP contribution in [0.3, 0.4) is 0 Å². The standard InChI is InChI=1S/C21H16N4O4S/c1-12(20(27)23-21-22-15-4-2-3-5-18(15)30-21)25-19(26)9-7-14(24-25)13-6-8-16-17(10-13)29-11-28-16/h2-10,12H,11H2,1H3,(H,22,23,27). The van der Waals surface area contributed by atoms with Gasteiger partial charge >= 0.3 is 0 Å². The van der Waals surface area contributed by atoms with E-state index >= 15 is 0 Å². The van der Waals surface area contributed by atoms with Gasteiger partial charge in [-0.2, -0.15) is 5.10 Å². The largest absolute Gasteiger partial charge is 0.454 e. The van der Waals surface area contributed by atoms with E-state index in [1.807, 2.05) is 30.3 Å². The average molecular weight is 420 g/mol. The molecule has 1 aliphatic rings. The molecule has 1 unspecified atom stereocenters. The number of nitrogens with one attached hydrogen (secondary N) is 1. The van der Waals surface area contributed by atoms with Gasteiger partial charge in [0.25, 0.3) is 11.5 Å². The number of amides is 1. The van der Waals surface area contributed by atoms with E-state index in [4.69, 9.17) is 9.47 Å². The first-order valence-corrected chi connectivity index (χ1v) is 10.1.